The van der Waals surface area contributed by atoms with Crippen molar-refractivity contribution in [3.8, 4) is 22.8 Å². The van der Waals surface area contributed by atoms with Crippen molar-refractivity contribution in [1.82, 2.24) is 34.1 Å². The highest BCUT2D eigenvalue weighted by Gasteiger charge is 2.34. The lowest BCUT2D eigenvalue weighted by Gasteiger charge is -2.24. The van der Waals surface area contributed by atoms with Crippen molar-refractivity contribution in [2.45, 2.75) is 32.6 Å². The first-order valence-electron chi connectivity index (χ1n) is 11.9. The summed E-state index contributed by atoms with van der Waals surface area (Å²) in [7, 11) is 3.46. The van der Waals surface area contributed by atoms with Gasteiger partial charge in [-0.3, -0.25) is 4.57 Å². The molecule has 0 bridgehead atoms. The van der Waals surface area contributed by atoms with Crippen molar-refractivity contribution < 1.29 is 13.2 Å². The van der Waals surface area contributed by atoms with Crippen LogP contribution in [0, 0.1) is 0 Å². The van der Waals surface area contributed by atoms with Gasteiger partial charge in [0, 0.05) is 38.1 Å². The standard InChI is InChI=1S/C26H25F3N8O/c1-15(2)36(4)23-18(6-5-11-30-23)21-31-12-19-24(34-21)37(25(38)32-19)13-16-7-9-17(10-8-16)22-33-20(14-35(22)3)26(27,28)29/h5-12,14-15H,13H2,1-4H3,(H,32,38). The van der Waals surface area contributed by atoms with Crippen LogP contribution in [-0.4, -0.2) is 47.1 Å². The van der Waals surface area contributed by atoms with Gasteiger partial charge in [-0.1, -0.05) is 24.3 Å². The van der Waals surface area contributed by atoms with E-state index in [-0.39, 0.29) is 24.1 Å². The lowest BCUT2D eigenvalue weighted by atomic mass is 10.1. The molecule has 196 valence electrons. The smallest absolute Gasteiger partial charge is 0.357 e. The fraction of sp³-hybridized carbons (Fsp3) is 0.269. The summed E-state index contributed by atoms with van der Waals surface area (Å²) in [5.74, 6) is 1.36. The van der Waals surface area contributed by atoms with Crippen molar-refractivity contribution in [2.24, 2.45) is 7.05 Å². The van der Waals surface area contributed by atoms with E-state index in [9.17, 15) is 18.0 Å². The number of pyridine rings is 1. The number of anilines is 1. The molecule has 0 atom stereocenters. The van der Waals surface area contributed by atoms with Crippen LogP contribution < -0.4 is 10.6 Å². The summed E-state index contributed by atoms with van der Waals surface area (Å²) < 4.78 is 42.0. The van der Waals surface area contributed by atoms with Gasteiger partial charge >= 0.3 is 11.9 Å². The van der Waals surface area contributed by atoms with Crippen LogP contribution in [0.25, 0.3) is 33.9 Å². The van der Waals surface area contributed by atoms with E-state index in [1.165, 1.54) is 16.2 Å². The summed E-state index contributed by atoms with van der Waals surface area (Å²) in [6.45, 7) is 4.32. The molecule has 0 aliphatic carbocycles. The lowest BCUT2D eigenvalue weighted by molar-refractivity contribution is -0.140. The molecule has 12 heteroatoms. The number of rotatable bonds is 6. The highest BCUT2D eigenvalue weighted by molar-refractivity contribution is 5.77. The third-order valence-corrected chi connectivity index (χ3v) is 6.37. The third kappa shape index (κ3) is 4.64. The van der Waals surface area contributed by atoms with Gasteiger partial charge in [0.25, 0.3) is 0 Å². The maximum absolute atomic E-state index is 13.0. The Labute approximate surface area is 215 Å². The van der Waals surface area contributed by atoms with Crippen LogP contribution in [0.4, 0.5) is 19.0 Å². The average Bonchev–Trinajstić information content (AvgIpc) is 3.43. The van der Waals surface area contributed by atoms with E-state index in [0.29, 0.717) is 22.6 Å². The lowest BCUT2D eigenvalue weighted by Crippen LogP contribution is -2.27. The molecule has 0 saturated carbocycles. The minimum absolute atomic E-state index is 0.198. The number of hydrogen-bond acceptors (Lipinski definition) is 6. The molecule has 0 unspecified atom stereocenters. The van der Waals surface area contributed by atoms with Crippen LogP contribution in [0.3, 0.4) is 0 Å². The Bertz CT molecular complexity index is 1660. The Kier molecular flexibility index (Phi) is 6.25. The highest BCUT2D eigenvalue weighted by Crippen LogP contribution is 2.31. The normalized spacial score (nSPS) is 12.0. The highest BCUT2D eigenvalue weighted by atomic mass is 19.4. The monoisotopic (exact) mass is 522 g/mol. The zero-order valence-electron chi connectivity index (χ0n) is 21.2. The van der Waals surface area contributed by atoms with E-state index in [0.717, 1.165) is 23.1 Å². The van der Waals surface area contributed by atoms with Gasteiger partial charge in [-0.2, -0.15) is 13.2 Å². The largest absolute Gasteiger partial charge is 0.434 e. The summed E-state index contributed by atoms with van der Waals surface area (Å²) in [6, 6.07) is 10.8. The molecule has 0 saturated heterocycles. The molecular weight excluding hydrogens is 497 g/mol. The maximum Gasteiger partial charge on any atom is 0.434 e. The van der Waals surface area contributed by atoms with Gasteiger partial charge in [-0.15, -0.1) is 0 Å². The summed E-state index contributed by atoms with van der Waals surface area (Å²) >= 11 is 0. The topological polar surface area (TPSA) is 97.5 Å². The first-order chi connectivity index (χ1) is 18.0. The number of alkyl halides is 3. The van der Waals surface area contributed by atoms with Crippen molar-refractivity contribution in [3.05, 3.63) is 76.7 Å². The molecule has 0 spiro atoms. The second-order valence-corrected chi connectivity index (χ2v) is 9.28. The number of H-pyrrole nitrogens is 1. The van der Waals surface area contributed by atoms with E-state index in [4.69, 9.17) is 4.98 Å². The van der Waals surface area contributed by atoms with Crippen LogP contribution in [-0.2, 0) is 19.8 Å². The van der Waals surface area contributed by atoms with Gasteiger partial charge in [0.1, 0.15) is 17.2 Å². The molecular formula is C26H25F3N8O. The van der Waals surface area contributed by atoms with Crippen LogP contribution in [0.5, 0.6) is 0 Å². The molecule has 0 amide bonds. The quantitative estimate of drug-likeness (QED) is 0.353. The predicted molar refractivity (Wildman–Crippen MR) is 138 cm³/mol. The van der Waals surface area contributed by atoms with Crippen LogP contribution in [0.2, 0.25) is 0 Å². The van der Waals surface area contributed by atoms with E-state index in [1.807, 2.05) is 24.1 Å². The van der Waals surface area contributed by atoms with Crippen LogP contribution in [0.15, 0.2) is 59.8 Å². The van der Waals surface area contributed by atoms with E-state index in [2.05, 4.69) is 33.8 Å². The van der Waals surface area contributed by atoms with E-state index >= 15 is 0 Å². The van der Waals surface area contributed by atoms with Crippen molar-refractivity contribution >= 4 is 17.0 Å². The van der Waals surface area contributed by atoms with Crippen molar-refractivity contribution in [3.63, 3.8) is 0 Å². The Hall–Kier alpha value is -4.48. The van der Waals surface area contributed by atoms with E-state index < -0.39 is 11.9 Å². The Morgan fingerprint density at radius 3 is 2.47 bits per heavy atom. The fourth-order valence-corrected chi connectivity index (χ4v) is 4.13. The van der Waals surface area contributed by atoms with Gasteiger partial charge in [0.15, 0.2) is 17.2 Å². The number of aromatic amines is 1. The molecule has 0 radical (unpaired) electrons. The first kappa shape index (κ1) is 25.2. The number of hydrogen-bond donors (Lipinski definition) is 1. The van der Waals surface area contributed by atoms with Gasteiger partial charge in [0.05, 0.1) is 18.3 Å². The number of aryl methyl sites for hydroxylation is 1. The molecule has 1 aromatic carbocycles. The minimum Gasteiger partial charge on any atom is -0.357 e. The van der Waals surface area contributed by atoms with Crippen molar-refractivity contribution in [1.29, 1.82) is 0 Å². The molecule has 0 fully saturated rings. The predicted octanol–water partition coefficient (Wildman–Crippen LogP) is 4.49. The number of imidazole rings is 2. The SMILES string of the molecule is CC(C)N(C)c1ncccc1-c1ncc2[nH]c(=O)n(Cc3ccc(-c4nc(C(F)(F)F)cn4C)cc3)c2n1. The Morgan fingerprint density at radius 2 is 1.82 bits per heavy atom. The summed E-state index contributed by atoms with van der Waals surface area (Å²) in [5, 5.41) is 0. The number of fused-ring (bicyclic) bond motifs is 1. The fourth-order valence-electron chi connectivity index (χ4n) is 4.13. The molecule has 0 aliphatic heterocycles. The second kappa shape index (κ2) is 9.43. The average molecular weight is 523 g/mol. The van der Waals surface area contributed by atoms with Gasteiger partial charge in [-0.25, -0.2) is 24.7 Å². The van der Waals surface area contributed by atoms with Gasteiger partial charge in [0.2, 0.25) is 0 Å². The molecule has 38 heavy (non-hydrogen) atoms. The summed E-state index contributed by atoms with van der Waals surface area (Å²) in [5.41, 5.74) is 1.67. The third-order valence-electron chi connectivity index (χ3n) is 6.37. The molecule has 9 nitrogen and oxygen atoms in total. The van der Waals surface area contributed by atoms with Crippen LogP contribution >= 0.6 is 0 Å². The number of nitrogens with one attached hydrogen (secondary N) is 1. The zero-order valence-corrected chi connectivity index (χ0v) is 21.2. The maximum atomic E-state index is 13.0. The number of aromatic nitrogens is 7. The summed E-state index contributed by atoms with van der Waals surface area (Å²) in [6.07, 6.45) is -0.280. The molecule has 5 aromatic rings. The molecule has 1 N–H and O–H groups in total. The summed E-state index contributed by atoms with van der Waals surface area (Å²) in [4.78, 5) is 35.0. The van der Waals surface area contributed by atoms with Gasteiger partial charge in [-0.05, 0) is 31.5 Å². The first-order valence-corrected chi connectivity index (χ1v) is 11.9. The minimum atomic E-state index is -4.52. The van der Waals surface area contributed by atoms with Crippen molar-refractivity contribution in [2.75, 3.05) is 11.9 Å². The number of halogens is 3. The second-order valence-electron chi connectivity index (χ2n) is 9.28. The zero-order chi connectivity index (χ0) is 27.2. The van der Waals surface area contributed by atoms with Gasteiger partial charge < -0.3 is 14.5 Å². The molecule has 5 rings (SSSR count). The van der Waals surface area contributed by atoms with E-state index in [1.54, 1.807) is 36.7 Å². The molecule has 4 heterocycles. The Morgan fingerprint density at radius 1 is 1.08 bits per heavy atom. The number of benzene rings is 1. The number of nitrogens with zero attached hydrogens (tertiary/aromatic N) is 7. The Balaban J connectivity index is 1.48. The molecule has 0 aliphatic rings. The van der Waals surface area contributed by atoms with Crippen LogP contribution in [0.1, 0.15) is 25.1 Å². The molecule has 4 aromatic heterocycles.